The highest BCUT2D eigenvalue weighted by Gasteiger charge is 2.31. The molecule has 1 aliphatic rings. The fourth-order valence-electron chi connectivity index (χ4n) is 1.88. The second-order valence-electron chi connectivity index (χ2n) is 4.44. The molecule has 0 aromatic carbocycles. The highest BCUT2D eigenvalue weighted by molar-refractivity contribution is 7.87. The van der Waals surface area contributed by atoms with Gasteiger partial charge in [-0.3, -0.25) is 4.79 Å². The third kappa shape index (κ3) is 4.07. The van der Waals surface area contributed by atoms with Crippen LogP contribution in [-0.2, 0) is 15.0 Å². The van der Waals surface area contributed by atoms with Gasteiger partial charge in [-0.1, -0.05) is 0 Å². The van der Waals surface area contributed by atoms with Crippen LogP contribution in [0.4, 0.5) is 0 Å². The van der Waals surface area contributed by atoms with E-state index in [0.29, 0.717) is 19.3 Å². The molecule has 0 radical (unpaired) electrons. The molecule has 3 N–H and O–H groups in total. The smallest absolute Gasteiger partial charge is 0.306 e. The molecular weight excluding hydrogens is 232 g/mol. The van der Waals surface area contributed by atoms with E-state index in [4.69, 9.17) is 5.11 Å². The van der Waals surface area contributed by atoms with E-state index in [9.17, 15) is 13.2 Å². The van der Waals surface area contributed by atoms with Crippen LogP contribution in [0, 0.1) is 5.92 Å². The highest BCUT2D eigenvalue weighted by atomic mass is 32.2. The van der Waals surface area contributed by atoms with Gasteiger partial charge in [0.15, 0.2) is 0 Å². The first kappa shape index (κ1) is 13.4. The molecular formula is C9H18N2O4S. The van der Waals surface area contributed by atoms with E-state index in [0.717, 1.165) is 0 Å². The minimum Gasteiger partial charge on any atom is -0.481 e. The van der Waals surface area contributed by atoms with E-state index in [-0.39, 0.29) is 12.1 Å². The molecule has 7 heteroatoms. The molecule has 94 valence electrons. The average Bonchev–Trinajstić information content (AvgIpc) is 2.48. The Bertz CT molecular complexity index is 353. The van der Waals surface area contributed by atoms with Crippen LogP contribution in [0.25, 0.3) is 0 Å². The summed E-state index contributed by atoms with van der Waals surface area (Å²) in [5, 5.41) is 8.78. The van der Waals surface area contributed by atoms with Gasteiger partial charge in [-0.15, -0.1) is 0 Å². The summed E-state index contributed by atoms with van der Waals surface area (Å²) in [6.07, 6.45) is 1.48. The Morgan fingerprint density at radius 1 is 1.38 bits per heavy atom. The second-order valence-corrected chi connectivity index (χ2v) is 5.92. The first-order valence-corrected chi connectivity index (χ1v) is 6.81. The Kier molecular flexibility index (Phi) is 4.28. The topological polar surface area (TPSA) is 95.5 Å². The van der Waals surface area contributed by atoms with Gasteiger partial charge in [0.1, 0.15) is 0 Å². The number of carboxylic acid groups (broad SMARTS) is 1. The van der Waals surface area contributed by atoms with Gasteiger partial charge < -0.3 is 5.11 Å². The predicted octanol–water partition coefficient (Wildman–Crippen LogP) is 0.0721. The van der Waals surface area contributed by atoms with Gasteiger partial charge in [0, 0.05) is 12.1 Å². The van der Waals surface area contributed by atoms with Crippen LogP contribution >= 0.6 is 0 Å². The summed E-state index contributed by atoms with van der Waals surface area (Å²) in [5.41, 5.74) is 0. The van der Waals surface area contributed by atoms with Crippen molar-refractivity contribution in [2.24, 2.45) is 5.92 Å². The van der Waals surface area contributed by atoms with Gasteiger partial charge in [0.05, 0.1) is 5.92 Å². The lowest BCUT2D eigenvalue weighted by atomic mass is 10.1. The van der Waals surface area contributed by atoms with Gasteiger partial charge in [0.2, 0.25) is 0 Å². The molecule has 6 nitrogen and oxygen atoms in total. The molecule has 1 aliphatic carbocycles. The number of aliphatic carboxylic acids is 1. The fourth-order valence-corrected chi connectivity index (χ4v) is 3.22. The minimum absolute atomic E-state index is 0.172. The molecule has 0 unspecified atom stereocenters. The third-order valence-electron chi connectivity index (χ3n) is 2.49. The maximum Gasteiger partial charge on any atom is 0.306 e. The van der Waals surface area contributed by atoms with Crippen LogP contribution in [-0.4, -0.2) is 31.6 Å². The number of hydrogen-bond donors (Lipinski definition) is 3. The molecule has 16 heavy (non-hydrogen) atoms. The summed E-state index contributed by atoms with van der Waals surface area (Å²) in [7, 11) is -3.51. The molecule has 1 rings (SSSR count). The molecule has 1 saturated carbocycles. The first-order chi connectivity index (χ1) is 7.30. The molecule has 0 bridgehead atoms. The van der Waals surface area contributed by atoms with E-state index < -0.39 is 22.1 Å². The van der Waals surface area contributed by atoms with Crippen LogP contribution in [0.5, 0.6) is 0 Å². The standard InChI is InChI=1S/C9H18N2O4S/c1-6(2)10-16(14,15)11-8-4-3-7(5-8)9(12)13/h6-8,10-11H,3-5H2,1-2H3,(H,12,13)/t7-,8+/m1/s1. The minimum atomic E-state index is -3.51. The van der Waals surface area contributed by atoms with Crippen LogP contribution in [0.1, 0.15) is 33.1 Å². The van der Waals surface area contributed by atoms with E-state index in [1.807, 2.05) is 0 Å². The van der Waals surface area contributed by atoms with Crippen molar-refractivity contribution in [1.82, 2.24) is 9.44 Å². The van der Waals surface area contributed by atoms with Gasteiger partial charge in [-0.25, -0.2) is 0 Å². The predicted molar refractivity (Wildman–Crippen MR) is 59.1 cm³/mol. The summed E-state index contributed by atoms with van der Waals surface area (Å²) in [5.74, 6) is -1.27. The van der Waals surface area contributed by atoms with Crippen molar-refractivity contribution in [2.45, 2.75) is 45.2 Å². The zero-order valence-electron chi connectivity index (χ0n) is 9.43. The molecule has 0 aliphatic heterocycles. The SMILES string of the molecule is CC(C)NS(=O)(=O)N[C@H]1CC[C@@H](C(=O)O)C1. The van der Waals surface area contributed by atoms with Crippen molar-refractivity contribution in [3.63, 3.8) is 0 Å². The lowest BCUT2D eigenvalue weighted by molar-refractivity contribution is -0.141. The van der Waals surface area contributed by atoms with Crippen molar-refractivity contribution < 1.29 is 18.3 Å². The normalized spacial score (nSPS) is 26.2. The van der Waals surface area contributed by atoms with Crippen molar-refractivity contribution in [2.75, 3.05) is 0 Å². The number of rotatable bonds is 5. The highest BCUT2D eigenvalue weighted by Crippen LogP contribution is 2.25. The first-order valence-electron chi connectivity index (χ1n) is 5.32. The van der Waals surface area contributed by atoms with Crippen molar-refractivity contribution in [1.29, 1.82) is 0 Å². The molecule has 0 aromatic rings. The largest absolute Gasteiger partial charge is 0.481 e. The van der Waals surface area contributed by atoms with Crippen LogP contribution in [0.15, 0.2) is 0 Å². The summed E-state index contributed by atoms with van der Waals surface area (Å²) in [4.78, 5) is 10.7. The van der Waals surface area contributed by atoms with Gasteiger partial charge in [-0.05, 0) is 33.1 Å². The number of carboxylic acids is 1. The van der Waals surface area contributed by atoms with E-state index >= 15 is 0 Å². The zero-order valence-corrected chi connectivity index (χ0v) is 10.3. The monoisotopic (exact) mass is 250 g/mol. The maximum absolute atomic E-state index is 11.5. The Morgan fingerprint density at radius 2 is 2.00 bits per heavy atom. The summed E-state index contributed by atoms with van der Waals surface area (Å²) < 4.78 is 27.9. The quantitative estimate of drug-likeness (QED) is 0.643. The van der Waals surface area contributed by atoms with E-state index in [1.54, 1.807) is 13.8 Å². The third-order valence-corrected chi connectivity index (χ3v) is 3.92. The molecule has 0 amide bonds. The molecule has 0 spiro atoms. The van der Waals surface area contributed by atoms with Gasteiger partial charge in [-0.2, -0.15) is 17.9 Å². The lowest BCUT2D eigenvalue weighted by Gasteiger charge is -2.15. The second kappa shape index (κ2) is 5.11. The molecule has 2 atom stereocenters. The van der Waals surface area contributed by atoms with Gasteiger partial charge in [0.25, 0.3) is 10.2 Å². The summed E-state index contributed by atoms with van der Waals surface area (Å²) in [6, 6.07) is -0.438. The number of hydrogen-bond acceptors (Lipinski definition) is 3. The van der Waals surface area contributed by atoms with Crippen molar-refractivity contribution >= 4 is 16.2 Å². The average molecular weight is 250 g/mol. The van der Waals surface area contributed by atoms with Crippen molar-refractivity contribution in [3.8, 4) is 0 Å². The Morgan fingerprint density at radius 3 is 2.44 bits per heavy atom. The molecule has 0 saturated heterocycles. The number of carbonyl (C=O) groups is 1. The summed E-state index contributed by atoms with van der Waals surface area (Å²) >= 11 is 0. The van der Waals surface area contributed by atoms with Crippen molar-refractivity contribution in [3.05, 3.63) is 0 Å². The molecule has 0 heterocycles. The Balaban J connectivity index is 2.48. The zero-order chi connectivity index (χ0) is 12.3. The summed E-state index contributed by atoms with van der Waals surface area (Å²) in [6.45, 7) is 3.46. The van der Waals surface area contributed by atoms with Crippen LogP contribution in [0.2, 0.25) is 0 Å². The molecule has 0 aromatic heterocycles. The Labute approximate surface area is 95.6 Å². The Hall–Kier alpha value is -0.660. The van der Waals surface area contributed by atoms with E-state index in [1.165, 1.54) is 0 Å². The number of nitrogens with one attached hydrogen (secondary N) is 2. The maximum atomic E-state index is 11.5. The lowest BCUT2D eigenvalue weighted by Crippen LogP contribution is -2.44. The van der Waals surface area contributed by atoms with Gasteiger partial charge >= 0.3 is 5.97 Å². The van der Waals surface area contributed by atoms with E-state index in [2.05, 4.69) is 9.44 Å². The fraction of sp³-hybridized carbons (Fsp3) is 0.889. The molecule has 1 fully saturated rings. The van der Waals surface area contributed by atoms with Crippen LogP contribution < -0.4 is 9.44 Å². The van der Waals surface area contributed by atoms with Crippen LogP contribution in [0.3, 0.4) is 0 Å².